The number of benzene rings is 1. The molecule has 2 rings (SSSR count). The minimum Gasteiger partial charge on any atom is -0.452 e. The molecule has 1 fully saturated rings. The van der Waals surface area contributed by atoms with Crippen molar-refractivity contribution in [2.45, 2.75) is 18.9 Å². The highest BCUT2D eigenvalue weighted by Crippen LogP contribution is 2.20. The van der Waals surface area contributed by atoms with Gasteiger partial charge in [0.1, 0.15) is 0 Å². The van der Waals surface area contributed by atoms with Gasteiger partial charge in [0.25, 0.3) is 5.91 Å². The number of carbonyl (C=O) groups is 2. The summed E-state index contributed by atoms with van der Waals surface area (Å²) in [6.45, 7) is -0.305. The molecule has 1 amide bonds. The average molecular weight is 269 g/mol. The minimum absolute atomic E-state index is 0.163. The van der Waals surface area contributed by atoms with Crippen molar-refractivity contribution in [3.8, 4) is 0 Å². The first-order valence-corrected chi connectivity index (χ1v) is 5.95. The first-order chi connectivity index (χ1) is 8.56. The van der Waals surface area contributed by atoms with Crippen LogP contribution >= 0.6 is 11.6 Å². The predicted molar refractivity (Wildman–Crippen MR) is 67.3 cm³/mol. The number of halogens is 1. The van der Waals surface area contributed by atoms with Crippen molar-refractivity contribution in [3.63, 3.8) is 0 Å². The number of rotatable bonds is 4. The van der Waals surface area contributed by atoms with E-state index in [0.717, 1.165) is 12.8 Å². The van der Waals surface area contributed by atoms with Crippen LogP contribution in [0, 0.1) is 0 Å². The van der Waals surface area contributed by atoms with Gasteiger partial charge < -0.3 is 15.8 Å². The van der Waals surface area contributed by atoms with Gasteiger partial charge >= 0.3 is 5.97 Å². The van der Waals surface area contributed by atoms with E-state index in [-0.39, 0.29) is 29.1 Å². The van der Waals surface area contributed by atoms with Crippen LogP contribution < -0.4 is 11.1 Å². The number of nitrogens with two attached hydrogens (primary N) is 1. The monoisotopic (exact) mass is 268 g/mol. The molecular weight excluding hydrogens is 256 g/mol. The van der Waals surface area contributed by atoms with E-state index in [0.29, 0.717) is 5.69 Å². The molecule has 18 heavy (non-hydrogen) atoms. The summed E-state index contributed by atoms with van der Waals surface area (Å²) in [7, 11) is 0. The molecule has 0 heterocycles. The molecule has 96 valence electrons. The van der Waals surface area contributed by atoms with Crippen molar-refractivity contribution >= 4 is 29.2 Å². The van der Waals surface area contributed by atoms with Crippen LogP contribution in [0.3, 0.4) is 0 Å². The number of esters is 1. The van der Waals surface area contributed by atoms with Crippen LogP contribution in [0.2, 0.25) is 5.02 Å². The standard InChI is InChI=1S/C12H13ClN2O3/c13-10-4-1-7(14)5-9(10)12(17)18-6-11(16)15-8-2-3-8/h1,4-5,8H,2-3,6,14H2,(H,15,16). The van der Waals surface area contributed by atoms with Crippen LogP contribution in [0.5, 0.6) is 0 Å². The van der Waals surface area contributed by atoms with E-state index >= 15 is 0 Å². The molecule has 0 atom stereocenters. The molecule has 0 unspecified atom stereocenters. The van der Waals surface area contributed by atoms with E-state index < -0.39 is 5.97 Å². The molecule has 0 spiro atoms. The maximum absolute atomic E-state index is 11.7. The summed E-state index contributed by atoms with van der Waals surface area (Å²) in [4.78, 5) is 23.0. The summed E-state index contributed by atoms with van der Waals surface area (Å²) in [6, 6.07) is 4.76. The van der Waals surface area contributed by atoms with E-state index in [1.807, 2.05) is 0 Å². The summed E-state index contributed by atoms with van der Waals surface area (Å²) >= 11 is 5.84. The first-order valence-electron chi connectivity index (χ1n) is 5.58. The van der Waals surface area contributed by atoms with Crippen LogP contribution in [0.15, 0.2) is 18.2 Å². The lowest BCUT2D eigenvalue weighted by molar-refractivity contribution is -0.124. The van der Waals surface area contributed by atoms with Crippen molar-refractivity contribution in [2.24, 2.45) is 0 Å². The summed E-state index contributed by atoms with van der Waals surface area (Å²) in [5.41, 5.74) is 6.12. The van der Waals surface area contributed by atoms with Gasteiger partial charge in [0.15, 0.2) is 6.61 Å². The maximum atomic E-state index is 11.7. The predicted octanol–water partition coefficient (Wildman–Crippen LogP) is 1.36. The van der Waals surface area contributed by atoms with E-state index in [1.54, 1.807) is 6.07 Å². The molecule has 0 aliphatic heterocycles. The molecule has 0 radical (unpaired) electrons. The Morgan fingerprint density at radius 3 is 2.83 bits per heavy atom. The van der Waals surface area contributed by atoms with Crippen LogP contribution in [0.4, 0.5) is 5.69 Å². The fourth-order valence-electron chi connectivity index (χ4n) is 1.41. The van der Waals surface area contributed by atoms with Crippen molar-refractivity contribution in [3.05, 3.63) is 28.8 Å². The second-order valence-corrected chi connectivity index (χ2v) is 4.56. The van der Waals surface area contributed by atoms with Gasteiger partial charge in [-0.2, -0.15) is 0 Å². The quantitative estimate of drug-likeness (QED) is 0.638. The second kappa shape index (κ2) is 5.27. The molecule has 0 aromatic heterocycles. The van der Waals surface area contributed by atoms with E-state index in [1.165, 1.54) is 12.1 Å². The Morgan fingerprint density at radius 1 is 1.44 bits per heavy atom. The average Bonchev–Trinajstić information content (AvgIpc) is 3.13. The first kappa shape index (κ1) is 12.7. The smallest absolute Gasteiger partial charge is 0.340 e. The molecule has 6 heteroatoms. The summed E-state index contributed by atoms with van der Waals surface area (Å²) in [5, 5.41) is 2.96. The van der Waals surface area contributed by atoms with Gasteiger partial charge in [-0.1, -0.05) is 11.6 Å². The van der Waals surface area contributed by atoms with Crippen LogP contribution in [-0.2, 0) is 9.53 Å². The zero-order valence-electron chi connectivity index (χ0n) is 9.61. The Morgan fingerprint density at radius 2 is 2.17 bits per heavy atom. The molecule has 1 aromatic carbocycles. The SMILES string of the molecule is Nc1ccc(Cl)c(C(=O)OCC(=O)NC2CC2)c1. The van der Waals surface area contributed by atoms with Gasteiger partial charge in [-0.3, -0.25) is 4.79 Å². The van der Waals surface area contributed by atoms with Gasteiger partial charge in [-0.05, 0) is 31.0 Å². The molecule has 1 saturated carbocycles. The van der Waals surface area contributed by atoms with Gasteiger partial charge in [-0.15, -0.1) is 0 Å². The molecular formula is C12H13ClN2O3. The molecule has 0 saturated heterocycles. The van der Waals surface area contributed by atoms with Gasteiger partial charge in [0.2, 0.25) is 0 Å². The number of nitrogen functional groups attached to an aromatic ring is 1. The summed E-state index contributed by atoms with van der Waals surface area (Å²) < 4.78 is 4.86. The van der Waals surface area contributed by atoms with Gasteiger partial charge in [-0.25, -0.2) is 4.79 Å². The number of hydrogen-bond acceptors (Lipinski definition) is 4. The Bertz CT molecular complexity index is 486. The third kappa shape index (κ3) is 3.37. The summed E-state index contributed by atoms with van der Waals surface area (Å²) in [5.74, 6) is -0.955. The van der Waals surface area contributed by atoms with Crippen molar-refractivity contribution in [1.29, 1.82) is 0 Å². The van der Waals surface area contributed by atoms with E-state index in [9.17, 15) is 9.59 Å². The van der Waals surface area contributed by atoms with Crippen LogP contribution in [0.1, 0.15) is 23.2 Å². The third-order valence-corrected chi connectivity index (χ3v) is 2.82. The minimum atomic E-state index is -0.654. The zero-order chi connectivity index (χ0) is 13.1. The van der Waals surface area contributed by atoms with E-state index in [2.05, 4.69) is 5.32 Å². The number of hydrogen-bond donors (Lipinski definition) is 2. The highest BCUT2D eigenvalue weighted by molar-refractivity contribution is 6.33. The molecule has 1 aliphatic rings. The topological polar surface area (TPSA) is 81.4 Å². The second-order valence-electron chi connectivity index (χ2n) is 4.16. The molecule has 0 bridgehead atoms. The Balaban J connectivity index is 1.90. The lowest BCUT2D eigenvalue weighted by atomic mass is 10.2. The lowest BCUT2D eigenvalue weighted by Gasteiger charge is -2.07. The molecule has 1 aliphatic carbocycles. The fourth-order valence-corrected chi connectivity index (χ4v) is 1.60. The number of ether oxygens (including phenoxy) is 1. The normalized spacial score (nSPS) is 14.1. The number of anilines is 1. The largest absolute Gasteiger partial charge is 0.452 e. The molecule has 1 aromatic rings. The van der Waals surface area contributed by atoms with Crippen molar-refractivity contribution in [1.82, 2.24) is 5.32 Å². The van der Waals surface area contributed by atoms with Crippen molar-refractivity contribution < 1.29 is 14.3 Å². The molecule has 5 nitrogen and oxygen atoms in total. The highest BCUT2D eigenvalue weighted by Gasteiger charge is 2.23. The van der Waals surface area contributed by atoms with Crippen molar-refractivity contribution in [2.75, 3.05) is 12.3 Å². The summed E-state index contributed by atoms with van der Waals surface area (Å²) in [6.07, 6.45) is 1.97. The Kier molecular flexibility index (Phi) is 3.72. The highest BCUT2D eigenvalue weighted by atomic mass is 35.5. The maximum Gasteiger partial charge on any atom is 0.340 e. The van der Waals surface area contributed by atoms with Crippen LogP contribution in [-0.4, -0.2) is 24.5 Å². The third-order valence-electron chi connectivity index (χ3n) is 2.49. The zero-order valence-corrected chi connectivity index (χ0v) is 10.4. The van der Waals surface area contributed by atoms with Crippen LogP contribution in [0.25, 0.3) is 0 Å². The number of nitrogens with one attached hydrogen (secondary N) is 1. The van der Waals surface area contributed by atoms with Gasteiger partial charge in [0.05, 0.1) is 10.6 Å². The Labute approximate surface area is 109 Å². The lowest BCUT2D eigenvalue weighted by Crippen LogP contribution is -2.30. The Hall–Kier alpha value is -1.75. The number of amides is 1. The van der Waals surface area contributed by atoms with E-state index in [4.69, 9.17) is 22.1 Å². The van der Waals surface area contributed by atoms with Gasteiger partial charge in [0, 0.05) is 11.7 Å². The fraction of sp³-hybridized carbons (Fsp3) is 0.333. The number of carbonyl (C=O) groups excluding carboxylic acids is 2. The molecule has 3 N–H and O–H groups in total.